The van der Waals surface area contributed by atoms with Crippen LogP contribution in [0.3, 0.4) is 0 Å². The zero-order valence-corrected chi connectivity index (χ0v) is 6.75. The second-order valence-electron chi connectivity index (χ2n) is 1.43. The van der Waals surface area contributed by atoms with Gasteiger partial charge in [-0.1, -0.05) is 12.7 Å². The van der Waals surface area contributed by atoms with Gasteiger partial charge >= 0.3 is 0 Å². The summed E-state index contributed by atoms with van der Waals surface area (Å²) in [4.78, 5) is 0. The van der Waals surface area contributed by atoms with E-state index in [1.807, 2.05) is 14.0 Å². The SMILES string of the molecule is C=C/C(Br)=C(\C)NC. The van der Waals surface area contributed by atoms with Crippen LogP contribution >= 0.6 is 15.9 Å². The van der Waals surface area contributed by atoms with Crippen LogP contribution < -0.4 is 5.32 Å². The maximum atomic E-state index is 3.58. The lowest BCUT2D eigenvalue weighted by molar-refractivity contribution is 0.988. The number of hydrogen-bond donors (Lipinski definition) is 1. The second kappa shape index (κ2) is 3.72. The quantitative estimate of drug-likeness (QED) is 0.634. The first-order valence-electron chi connectivity index (χ1n) is 2.39. The fourth-order valence-corrected chi connectivity index (χ4v) is 0.471. The normalized spacial score (nSPS) is 12.4. The molecule has 0 aliphatic heterocycles. The van der Waals surface area contributed by atoms with E-state index in [-0.39, 0.29) is 0 Å². The largest absolute Gasteiger partial charge is 0.391 e. The van der Waals surface area contributed by atoms with Gasteiger partial charge in [0.1, 0.15) is 0 Å². The molecule has 0 aromatic rings. The molecule has 0 radical (unpaired) electrons. The van der Waals surface area contributed by atoms with E-state index >= 15 is 0 Å². The molecule has 1 N–H and O–H groups in total. The Kier molecular flexibility index (Phi) is 3.61. The molecule has 0 heterocycles. The first-order valence-corrected chi connectivity index (χ1v) is 3.18. The molecule has 0 rings (SSSR count). The van der Waals surface area contributed by atoms with Gasteiger partial charge in [-0.2, -0.15) is 0 Å². The molecule has 46 valence electrons. The Bertz CT molecular complexity index is 116. The molecule has 8 heavy (non-hydrogen) atoms. The number of halogens is 1. The molecule has 0 aliphatic rings. The zero-order chi connectivity index (χ0) is 6.57. The summed E-state index contributed by atoms with van der Waals surface area (Å²) in [6, 6.07) is 0. The summed E-state index contributed by atoms with van der Waals surface area (Å²) in [7, 11) is 1.88. The Morgan fingerprint density at radius 3 is 2.38 bits per heavy atom. The summed E-state index contributed by atoms with van der Waals surface area (Å²) >= 11 is 3.30. The minimum Gasteiger partial charge on any atom is -0.391 e. The van der Waals surface area contributed by atoms with Crippen molar-refractivity contribution in [2.75, 3.05) is 7.05 Å². The summed E-state index contributed by atoms with van der Waals surface area (Å²) in [6.07, 6.45) is 1.76. The molecular formula is C6H10BrN. The zero-order valence-electron chi connectivity index (χ0n) is 5.16. The van der Waals surface area contributed by atoms with Gasteiger partial charge in [-0.05, 0) is 22.9 Å². The summed E-state index contributed by atoms with van der Waals surface area (Å²) in [6.45, 7) is 5.56. The Morgan fingerprint density at radius 2 is 2.25 bits per heavy atom. The lowest BCUT2D eigenvalue weighted by Gasteiger charge is -1.98. The highest BCUT2D eigenvalue weighted by atomic mass is 79.9. The summed E-state index contributed by atoms with van der Waals surface area (Å²) < 4.78 is 1.01. The van der Waals surface area contributed by atoms with Crippen molar-refractivity contribution in [2.24, 2.45) is 0 Å². The van der Waals surface area contributed by atoms with Crippen molar-refractivity contribution in [3.05, 3.63) is 22.8 Å². The van der Waals surface area contributed by atoms with Crippen molar-refractivity contribution in [1.82, 2.24) is 5.32 Å². The van der Waals surface area contributed by atoms with Gasteiger partial charge in [-0.25, -0.2) is 0 Å². The van der Waals surface area contributed by atoms with E-state index < -0.39 is 0 Å². The topological polar surface area (TPSA) is 12.0 Å². The average molecular weight is 176 g/mol. The lowest BCUT2D eigenvalue weighted by atomic mass is 10.4. The standard InChI is InChI=1S/C6H10BrN/c1-4-6(7)5(2)8-3/h4,8H,1H2,2-3H3/b6-5-. The molecular weight excluding hydrogens is 166 g/mol. The van der Waals surface area contributed by atoms with Crippen molar-refractivity contribution in [3.63, 3.8) is 0 Å². The van der Waals surface area contributed by atoms with Crippen molar-refractivity contribution in [1.29, 1.82) is 0 Å². The molecule has 1 nitrogen and oxygen atoms in total. The number of rotatable bonds is 2. The van der Waals surface area contributed by atoms with E-state index in [0.29, 0.717) is 0 Å². The van der Waals surface area contributed by atoms with Crippen LogP contribution in [0.5, 0.6) is 0 Å². The minimum absolute atomic E-state index is 1.01. The van der Waals surface area contributed by atoms with E-state index in [1.54, 1.807) is 6.08 Å². The van der Waals surface area contributed by atoms with Gasteiger partial charge < -0.3 is 5.32 Å². The molecule has 0 aromatic carbocycles. The van der Waals surface area contributed by atoms with Gasteiger partial charge in [0.2, 0.25) is 0 Å². The molecule has 0 saturated heterocycles. The van der Waals surface area contributed by atoms with Crippen LogP contribution in [0.4, 0.5) is 0 Å². The highest BCUT2D eigenvalue weighted by molar-refractivity contribution is 9.11. The van der Waals surface area contributed by atoms with Crippen LogP contribution in [0.15, 0.2) is 22.8 Å². The van der Waals surface area contributed by atoms with Gasteiger partial charge in [0.15, 0.2) is 0 Å². The fraction of sp³-hybridized carbons (Fsp3) is 0.333. The molecule has 0 bridgehead atoms. The van der Waals surface area contributed by atoms with Crippen LogP contribution in [-0.4, -0.2) is 7.05 Å². The van der Waals surface area contributed by atoms with Crippen molar-refractivity contribution < 1.29 is 0 Å². The first-order chi connectivity index (χ1) is 3.72. The molecule has 2 heteroatoms. The third-order valence-corrected chi connectivity index (χ3v) is 1.83. The predicted molar refractivity (Wildman–Crippen MR) is 40.9 cm³/mol. The van der Waals surface area contributed by atoms with Gasteiger partial charge in [0.25, 0.3) is 0 Å². The number of hydrogen-bond acceptors (Lipinski definition) is 1. The van der Waals surface area contributed by atoms with Crippen LogP contribution in [0.1, 0.15) is 6.92 Å². The van der Waals surface area contributed by atoms with E-state index in [4.69, 9.17) is 0 Å². The van der Waals surface area contributed by atoms with E-state index in [9.17, 15) is 0 Å². The molecule has 0 amide bonds. The molecule has 0 aliphatic carbocycles. The minimum atomic E-state index is 1.01. The lowest BCUT2D eigenvalue weighted by Crippen LogP contribution is -2.02. The van der Waals surface area contributed by atoms with Gasteiger partial charge in [-0.15, -0.1) is 0 Å². The second-order valence-corrected chi connectivity index (χ2v) is 2.28. The number of allylic oxidation sites excluding steroid dienone is 3. The van der Waals surface area contributed by atoms with Gasteiger partial charge in [-0.3, -0.25) is 0 Å². The third-order valence-electron chi connectivity index (χ3n) is 0.912. The van der Waals surface area contributed by atoms with Crippen molar-refractivity contribution in [3.8, 4) is 0 Å². The van der Waals surface area contributed by atoms with Gasteiger partial charge in [0, 0.05) is 17.2 Å². The Labute approximate surface area is 58.6 Å². The summed E-state index contributed by atoms with van der Waals surface area (Å²) in [5.74, 6) is 0. The highest BCUT2D eigenvalue weighted by Crippen LogP contribution is 2.08. The predicted octanol–water partition coefficient (Wildman–Crippen LogP) is 2.02. The Morgan fingerprint density at radius 1 is 1.75 bits per heavy atom. The molecule has 0 spiro atoms. The Hall–Kier alpha value is -0.240. The third kappa shape index (κ3) is 2.17. The van der Waals surface area contributed by atoms with Crippen molar-refractivity contribution in [2.45, 2.75) is 6.92 Å². The van der Waals surface area contributed by atoms with Crippen LogP contribution in [0.2, 0.25) is 0 Å². The van der Waals surface area contributed by atoms with Crippen molar-refractivity contribution >= 4 is 15.9 Å². The molecule has 0 fully saturated rings. The van der Waals surface area contributed by atoms with E-state index in [2.05, 4.69) is 27.8 Å². The molecule has 0 aromatic heterocycles. The summed E-state index contributed by atoms with van der Waals surface area (Å²) in [5, 5.41) is 2.98. The maximum absolute atomic E-state index is 3.58. The van der Waals surface area contributed by atoms with Crippen LogP contribution in [0.25, 0.3) is 0 Å². The smallest absolute Gasteiger partial charge is 0.0355 e. The van der Waals surface area contributed by atoms with E-state index in [1.165, 1.54) is 0 Å². The number of nitrogens with one attached hydrogen (secondary N) is 1. The first kappa shape index (κ1) is 7.76. The average Bonchev–Trinajstić information content (AvgIpc) is 1.84. The van der Waals surface area contributed by atoms with Gasteiger partial charge in [0.05, 0.1) is 0 Å². The van der Waals surface area contributed by atoms with E-state index in [0.717, 1.165) is 10.2 Å². The highest BCUT2D eigenvalue weighted by Gasteiger charge is 1.86. The van der Waals surface area contributed by atoms with Crippen LogP contribution in [-0.2, 0) is 0 Å². The fourth-order valence-electron chi connectivity index (χ4n) is 0.273. The maximum Gasteiger partial charge on any atom is 0.0355 e. The molecule has 0 saturated carbocycles. The molecule has 0 atom stereocenters. The van der Waals surface area contributed by atoms with Crippen LogP contribution in [0, 0.1) is 0 Å². The Balaban J connectivity index is 4.03. The molecule has 0 unspecified atom stereocenters. The monoisotopic (exact) mass is 175 g/mol. The summed E-state index contributed by atoms with van der Waals surface area (Å²) in [5.41, 5.74) is 1.10.